The number of rotatable bonds is 2. The molecule has 0 aromatic rings. The summed E-state index contributed by atoms with van der Waals surface area (Å²) in [5, 5.41) is 0. The van der Waals surface area contributed by atoms with E-state index in [2.05, 4.69) is 11.5 Å². The number of amides is 1. The average molecular weight is 256 g/mol. The largest absolute Gasteiger partial charge is 0.416 e. The van der Waals surface area contributed by atoms with Gasteiger partial charge in [0.1, 0.15) is 0 Å². The van der Waals surface area contributed by atoms with Gasteiger partial charge in [0.05, 0.1) is 5.76 Å². The van der Waals surface area contributed by atoms with Crippen molar-refractivity contribution in [3.8, 4) is 0 Å². The normalized spacial score (nSPS) is 25.9. The molecule has 0 N–H and O–H groups in total. The van der Waals surface area contributed by atoms with Crippen molar-refractivity contribution in [3.63, 3.8) is 0 Å². The highest BCUT2D eigenvalue weighted by Gasteiger charge is 2.28. The highest BCUT2D eigenvalue weighted by molar-refractivity contribution is 7.99. The fourth-order valence-corrected chi connectivity index (χ4v) is 3.55. The Morgan fingerprint density at radius 3 is 2.59 bits per heavy atom. The van der Waals surface area contributed by atoms with E-state index in [1.165, 1.54) is 17.9 Å². The summed E-state index contributed by atoms with van der Waals surface area (Å²) in [7, 11) is 0. The van der Waals surface area contributed by atoms with Crippen LogP contribution in [0.1, 0.15) is 13.3 Å². The van der Waals surface area contributed by atoms with Gasteiger partial charge < -0.3 is 9.64 Å². The number of carbonyl (C=O) groups is 1. The van der Waals surface area contributed by atoms with Crippen LogP contribution in [0.15, 0.2) is 12.3 Å². The maximum atomic E-state index is 11.7. The van der Waals surface area contributed by atoms with Gasteiger partial charge in [0.2, 0.25) is 0 Å². The minimum atomic E-state index is -0.252. The molecule has 0 saturated carbocycles. The lowest BCUT2D eigenvalue weighted by molar-refractivity contribution is 0.0822. The first-order chi connectivity index (χ1) is 8.16. The fourth-order valence-electron chi connectivity index (χ4n) is 2.29. The van der Waals surface area contributed by atoms with E-state index in [-0.39, 0.29) is 6.09 Å². The van der Waals surface area contributed by atoms with E-state index in [1.807, 2.05) is 11.8 Å². The molecule has 1 amide bonds. The highest BCUT2D eigenvalue weighted by Crippen LogP contribution is 2.23. The topological polar surface area (TPSA) is 32.8 Å². The van der Waals surface area contributed by atoms with Crippen molar-refractivity contribution in [1.29, 1.82) is 0 Å². The zero-order valence-electron chi connectivity index (χ0n) is 10.4. The van der Waals surface area contributed by atoms with Gasteiger partial charge in [0.25, 0.3) is 0 Å². The molecule has 0 aliphatic carbocycles. The summed E-state index contributed by atoms with van der Waals surface area (Å²) < 4.78 is 5.02. The Labute approximate surface area is 107 Å². The Morgan fingerprint density at radius 2 is 2.06 bits per heavy atom. The summed E-state index contributed by atoms with van der Waals surface area (Å²) in [6.45, 7) is 8.76. The third kappa shape index (κ3) is 3.39. The van der Waals surface area contributed by atoms with Crippen LogP contribution < -0.4 is 0 Å². The van der Waals surface area contributed by atoms with E-state index < -0.39 is 0 Å². The lowest BCUT2D eigenvalue weighted by Crippen LogP contribution is -2.52. The molecule has 2 saturated heterocycles. The average Bonchev–Trinajstić information content (AvgIpc) is 2.82. The van der Waals surface area contributed by atoms with Crippen LogP contribution in [-0.4, -0.2) is 59.6 Å². The van der Waals surface area contributed by atoms with Crippen LogP contribution in [-0.2, 0) is 4.74 Å². The molecule has 96 valence electrons. The molecule has 0 bridgehead atoms. The number of nitrogens with zero attached hydrogens (tertiary/aromatic N) is 2. The molecule has 0 radical (unpaired) electrons. The smallest absolute Gasteiger partial charge is 0.414 e. The van der Waals surface area contributed by atoms with Crippen LogP contribution in [0.4, 0.5) is 4.79 Å². The number of carbonyl (C=O) groups excluding carboxylic acids is 1. The molecule has 5 heteroatoms. The number of ether oxygens (including phenoxy) is 1. The van der Waals surface area contributed by atoms with Gasteiger partial charge in [-0.05, 0) is 19.1 Å². The summed E-state index contributed by atoms with van der Waals surface area (Å²) in [4.78, 5) is 15.9. The maximum absolute atomic E-state index is 11.7. The number of piperazine rings is 1. The molecule has 1 atom stereocenters. The Morgan fingerprint density at radius 1 is 1.35 bits per heavy atom. The first kappa shape index (κ1) is 12.8. The van der Waals surface area contributed by atoms with Crippen LogP contribution in [0.3, 0.4) is 0 Å². The summed E-state index contributed by atoms with van der Waals surface area (Å²) in [5.74, 6) is 2.99. The zero-order valence-corrected chi connectivity index (χ0v) is 11.2. The quantitative estimate of drug-likeness (QED) is 0.705. The minimum Gasteiger partial charge on any atom is -0.416 e. The van der Waals surface area contributed by atoms with Crippen molar-refractivity contribution in [2.24, 2.45) is 0 Å². The second-order valence-corrected chi connectivity index (χ2v) is 5.76. The number of allylic oxidation sites excluding steroid dienone is 1. The molecule has 1 unspecified atom stereocenters. The SMILES string of the molecule is C=C(C)OC(=O)N1CCN(C2CCSC2)CC1. The van der Waals surface area contributed by atoms with Gasteiger partial charge in [0.15, 0.2) is 0 Å². The predicted octanol–water partition coefficient (Wildman–Crippen LogP) is 1.78. The number of thioether (sulfide) groups is 1. The molecular formula is C12H20N2O2S. The van der Waals surface area contributed by atoms with Gasteiger partial charge in [-0.15, -0.1) is 0 Å². The van der Waals surface area contributed by atoms with Gasteiger partial charge in [0, 0.05) is 38.0 Å². The molecule has 2 rings (SSSR count). The molecular weight excluding hydrogens is 236 g/mol. The summed E-state index contributed by atoms with van der Waals surface area (Å²) >= 11 is 2.03. The van der Waals surface area contributed by atoms with Crippen LogP contribution >= 0.6 is 11.8 Å². The van der Waals surface area contributed by atoms with Crippen LogP contribution in [0.25, 0.3) is 0 Å². The predicted molar refractivity (Wildman–Crippen MR) is 70.2 cm³/mol. The van der Waals surface area contributed by atoms with Crippen molar-refractivity contribution in [2.75, 3.05) is 37.7 Å². The van der Waals surface area contributed by atoms with E-state index in [4.69, 9.17) is 4.74 Å². The van der Waals surface area contributed by atoms with Gasteiger partial charge >= 0.3 is 6.09 Å². The van der Waals surface area contributed by atoms with E-state index in [1.54, 1.807) is 11.8 Å². The monoisotopic (exact) mass is 256 g/mol. The van der Waals surface area contributed by atoms with E-state index in [9.17, 15) is 4.79 Å². The van der Waals surface area contributed by atoms with Gasteiger partial charge in [-0.1, -0.05) is 6.58 Å². The molecule has 0 aromatic carbocycles. The maximum Gasteiger partial charge on any atom is 0.414 e. The zero-order chi connectivity index (χ0) is 12.3. The Balaban J connectivity index is 1.77. The van der Waals surface area contributed by atoms with Crippen molar-refractivity contribution >= 4 is 17.9 Å². The molecule has 2 heterocycles. The van der Waals surface area contributed by atoms with Crippen molar-refractivity contribution in [3.05, 3.63) is 12.3 Å². The fraction of sp³-hybridized carbons (Fsp3) is 0.750. The van der Waals surface area contributed by atoms with Gasteiger partial charge in [-0.25, -0.2) is 4.79 Å². The summed E-state index contributed by atoms with van der Waals surface area (Å²) in [5.41, 5.74) is 0. The molecule has 0 spiro atoms. The molecule has 4 nitrogen and oxygen atoms in total. The van der Waals surface area contributed by atoms with Crippen molar-refractivity contribution in [2.45, 2.75) is 19.4 Å². The van der Waals surface area contributed by atoms with Crippen molar-refractivity contribution < 1.29 is 9.53 Å². The molecule has 2 aliphatic heterocycles. The molecule has 2 aliphatic rings. The first-order valence-electron chi connectivity index (χ1n) is 6.11. The Bertz CT molecular complexity index is 295. The molecule has 17 heavy (non-hydrogen) atoms. The van der Waals surface area contributed by atoms with Crippen molar-refractivity contribution in [1.82, 2.24) is 9.80 Å². The summed E-state index contributed by atoms with van der Waals surface area (Å²) in [6, 6.07) is 0.722. The number of hydrogen-bond acceptors (Lipinski definition) is 4. The second-order valence-electron chi connectivity index (χ2n) is 4.61. The van der Waals surface area contributed by atoms with Crippen LogP contribution in [0.5, 0.6) is 0 Å². The Hall–Kier alpha value is -0.680. The third-order valence-electron chi connectivity index (χ3n) is 3.26. The third-order valence-corrected chi connectivity index (χ3v) is 4.40. The van der Waals surface area contributed by atoms with Gasteiger partial charge in [-0.3, -0.25) is 4.90 Å². The number of hydrogen-bond donors (Lipinski definition) is 0. The Kier molecular flexibility index (Phi) is 4.34. The van der Waals surface area contributed by atoms with E-state index >= 15 is 0 Å². The highest BCUT2D eigenvalue weighted by atomic mass is 32.2. The minimum absolute atomic E-state index is 0.252. The lowest BCUT2D eigenvalue weighted by atomic mass is 10.2. The lowest BCUT2D eigenvalue weighted by Gasteiger charge is -2.37. The summed E-state index contributed by atoms with van der Waals surface area (Å²) in [6.07, 6.45) is 1.04. The van der Waals surface area contributed by atoms with E-state index in [0.29, 0.717) is 5.76 Å². The molecule has 0 aromatic heterocycles. The van der Waals surface area contributed by atoms with Crippen LogP contribution in [0, 0.1) is 0 Å². The van der Waals surface area contributed by atoms with Crippen LogP contribution in [0.2, 0.25) is 0 Å². The standard InChI is InChI=1S/C12H20N2O2S/c1-10(2)16-12(15)14-6-4-13(5-7-14)11-3-8-17-9-11/h11H,1,3-9H2,2H3. The van der Waals surface area contributed by atoms with Gasteiger partial charge in [-0.2, -0.15) is 11.8 Å². The first-order valence-corrected chi connectivity index (χ1v) is 7.26. The molecule has 2 fully saturated rings. The van der Waals surface area contributed by atoms with E-state index in [0.717, 1.165) is 32.2 Å². The second kappa shape index (κ2) is 5.78.